The predicted molar refractivity (Wildman–Crippen MR) is 123 cm³/mol. The molecule has 33 heavy (non-hydrogen) atoms. The summed E-state index contributed by atoms with van der Waals surface area (Å²) in [5, 5.41) is 7.35. The Morgan fingerprint density at radius 2 is 1.73 bits per heavy atom. The fourth-order valence-corrected chi connectivity index (χ4v) is 3.66. The third kappa shape index (κ3) is 4.18. The smallest absolute Gasteiger partial charge is 0.261 e. The normalized spacial score (nSPS) is 11.0. The molecule has 0 aliphatic heterocycles. The lowest BCUT2D eigenvalue weighted by Gasteiger charge is -2.12. The molecular formula is C25H21FN6O. The summed E-state index contributed by atoms with van der Waals surface area (Å²) in [5.74, 6) is 0.891. The molecule has 0 fully saturated rings. The van der Waals surface area contributed by atoms with Crippen LogP contribution in [-0.2, 0) is 6.54 Å². The zero-order valence-corrected chi connectivity index (χ0v) is 17.9. The molecule has 5 aromatic rings. The van der Waals surface area contributed by atoms with Crippen LogP contribution in [0.3, 0.4) is 0 Å². The summed E-state index contributed by atoms with van der Waals surface area (Å²) in [4.78, 5) is 17.4. The van der Waals surface area contributed by atoms with Crippen molar-refractivity contribution in [2.45, 2.75) is 13.5 Å². The highest BCUT2D eigenvalue weighted by atomic mass is 19.1. The first kappa shape index (κ1) is 20.4. The summed E-state index contributed by atoms with van der Waals surface area (Å²) in [6, 6.07) is 17.4. The van der Waals surface area contributed by atoms with Gasteiger partial charge in [-0.2, -0.15) is 5.10 Å². The van der Waals surface area contributed by atoms with Crippen molar-refractivity contribution in [1.29, 1.82) is 0 Å². The van der Waals surface area contributed by atoms with Crippen molar-refractivity contribution in [1.82, 2.24) is 23.9 Å². The number of amides is 1. The highest BCUT2D eigenvalue weighted by Gasteiger charge is 2.20. The van der Waals surface area contributed by atoms with E-state index in [9.17, 15) is 9.18 Å². The van der Waals surface area contributed by atoms with Gasteiger partial charge in [0, 0.05) is 37.0 Å². The number of imidazole rings is 1. The summed E-state index contributed by atoms with van der Waals surface area (Å²) in [5.41, 5.74) is 2.83. The van der Waals surface area contributed by atoms with E-state index in [2.05, 4.69) is 20.0 Å². The minimum Gasteiger partial charge on any atom is -0.331 e. The molecule has 3 heterocycles. The number of carbonyl (C=O) groups excluding carboxylic acids is 1. The number of carbonyl (C=O) groups is 1. The van der Waals surface area contributed by atoms with Gasteiger partial charge in [0.25, 0.3) is 5.91 Å². The maximum atomic E-state index is 13.4. The molecule has 0 radical (unpaired) electrons. The van der Waals surface area contributed by atoms with E-state index < -0.39 is 0 Å². The Kier molecular flexibility index (Phi) is 5.32. The maximum Gasteiger partial charge on any atom is 0.261 e. The molecule has 0 saturated carbocycles. The number of hydrogen-bond donors (Lipinski definition) is 1. The predicted octanol–water partition coefficient (Wildman–Crippen LogP) is 4.61. The van der Waals surface area contributed by atoms with Gasteiger partial charge in [0.15, 0.2) is 5.82 Å². The molecule has 1 amide bonds. The first-order valence-electron chi connectivity index (χ1n) is 10.4. The SMILES string of the molecule is Cc1nccn1Cc1ccc(NC(=O)c2cnn(-c3ccc(F)cc3)c2-n2cccc2)cc1. The van der Waals surface area contributed by atoms with Crippen LogP contribution < -0.4 is 5.32 Å². The molecule has 3 aromatic heterocycles. The van der Waals surface area contributed by atoms with E-state index in [4.69, 9.17) is 0 Å². The molecular weight excluding hydrogens is 419 g/mol. The van der Waals surface area contributed by atoms with Crippen LogP contribution in [0.15, 0.2) is 91.6 Å². The summed E-state index contributed by atoms with van der Waals surface area (Å²) in [7, 11) is 0. The molecule has 0 aliphatic rings. The van der Waals surface area contributed by atoms with Gasteiger partial charge < -0.3 is 14.5 Å². The van der Waals surface area contributed by atoms with Gasteiger partial charge in [-0.05, 0) is 61.0 Å². The molecule has 1 N–H and O–H groups in total. The maximum absolute atomic E-state index is 13.4. The second kappa shape index (κ2) is 8.58. The highest BCUT2D eigenvalue weighted by Crippen LogP contribution is 2.22. The number of halogens is 1. The van der Waals surface area contributed by atoms with E-state index in [0.29, 0.717) is 29.3 Å². The van der Waals surface area contributed by atoms with Gasteiger partial charge in [-0.3, -0.25) is 4.79 Å². The number of rotatable bonds is 6. The van der Waals surface area contributed by atoms with Gasteiger partial charge in [-0.1, -0.05) is 12.1 Å². The molecule has 0 aliphatic carbocycles. The molecule has 164 valence electrons. The molecule has 2 aromatic carbocycles. The quantitative estimate of drug-likeness (QED) is 0.419. The van der Waals surface area contributed by atoms with Crippen LogP contribution >= 0.6 is 0 Å². The fraction of sp³-hybridized carbons (Fsp3) is 0.0800. The molecule has 0 unspecified atom stereocenters. The Labute approximate surface area is 189 Å². The molecule has 0 saturated heterocycles. The zero-order chi connectivity index (χ0) is 22.8. The lowest BCUT2D eigenvalue weighted by molar-refractivity contribution is 0.102. The number of anilines is 1. The van der Waals surface area contributed by atoms with Crippen LogP contribution in [0.5, 0.6) is 0 Å². The molecule has 7 nitrogen and oxygen atoms in total. The summed E-state index contributed by atoms with van der Waals surface area (Å²) >= 11 is 0. The summed E-state index contributed by atoms with van der Waals surface area (Å²) in [6.07, 6.45) is 8.90. The van der Waals surface area contributed by atoms with E-state index in [1.54, 1.807) is 23.0 Å². The van der Waals surface area contributed by atoms with Gasteiger partial charge in [0.05, 0.1) is 11.9 Å². The zero-order valence-electron chi connectivity index (χ0n) is 17.9. The number of aromatic nitrogens is 5. The Bertz CT molecular complexity index is 1380. The molecule has 0 atom stereocenters. The van der Waals surface area contributed by atoms with Crippen molar-refractivity contribution in [3.63, 3.8) is 0 Å². The monoisotopic (exact) mass is 440 g/mol. The van der Waals surface area contributed by atoms with E-state index in [0.717, 1.165) is 11.4 Å². The van der Waals surface area contributed by atoms with Gasteiger partial charge in [0.2, 0.25) is 0 Å². The van der Waals surface area contributed by atoms with Crippen LogP contribution in [0.2, 0.25) is 0 Å². The molecule has 8 heteroatoms. The second-order valence-electron chi connectivity index (χ2n) is 7.61. The number of nitrogens with one attached hydrogen (secondary N) is 1. The summed E-state index contributed by atoms with van der Waals surface area (Å²) in [6.45, 7) is 2.67. The average Bonchev–Trinajstić information content (AvgIpc) is 3.57. The minimum atomic E-state index is -0.335. The number of aryl methyl sites for hydroxylation is 1. The van der Waals surface area contributed by atoms with Crippen molar-refractivity contribution in [2.24, 2.45) is 0 Å². The largest absolute Gasteiger partial charge is 0.331 e. The molecule has 0 bridgehead atoms. The van der Waals surface area contributed by atoms with E-state index in [1.165, 1.54) is 18.3 Å². The van der Waals surface area contributed by atoms with Crippen LogP contribution in [0.1, 0.15) is 21.7 Å². The van der Waals surface area contributed by atoms with Crippen molar-refractivity contribution < 1.29 is 9.18 Å². The first-order valence-corrected chi connectivity index (χ1v) is 10.4. The minimum absolute atomic E-state index is 0.287. The van der Waals surface area contributed by atoms with E-state index >= 15 is 0 Å². The van der Waals surface area contributed by atoms with E-state index in [1.807, 2.05) is 66.5 Å². The standard InChI is InChI=1S/C25H21FN6O/c1-18-27-12-15-31(18)17-19-4-8-21(9-5-19)29-24(33)23-16-28-32(22-10-6-20(26)7-11-22)25(23)30-13-2-3-14-30/h2-16H,17H2,1H3,(H,29,33). The van der Waals surface area contributed by atoms with Crippen LogP contribution in [0.4, 0.5) is 10.1 Å². The summed E-state index contributed by atoms with van der Waals surface area (Å²) < 4.78 is 18.9. The van der Waals surface area contributed by atoms with Gasteiger partial charge in [-0.25, -0.2) is 14.1 Å². The Morgan fingerprint density at radius 1 is 1.00 bits per heavy atom. The fourth-order valence-electron chi connectivity index (χ4n) is 3.66. The second-order valence-corrected chi connectivity index (χ2v) is 7.61. The van der Waals surface area contributed by atoms with Crippen LogP contribution in [0, 0.1) is 12.7 Å². The van der Waals surface area contributed by atoms with Crippen LogP contribution in [0.25, 0.3) is 11.5 Å². The van der Waals surface area contributed by atoms with Crippen LogP contribution in [-0.4, -0.2) is 29.8 Å². The number of nitrogens with zero attached hydrogens (tertiary/aromatic N) is 5. The first-order chi connectivity index (χ1) is 16.1. The molecule has 0 spiro atoms. The molecule has 5 rings (SSSR count). The Balaban J connectivity index is 1.40. The van der Waals surface area contributed by atoms with Gasteiger partial charge >= 0.3 is 0 Å². The van der Waals surface area contributed by atoms with Crippen molar-refractivity contribution in [3.8, 4) is 11.5 Å². The van der Waals surface area contributed by atoms with Gasteiger partial charge in [-0.15, -0.1) is 0 Å². The third-order valence-electron chi connectivity index (χ3n) is 5.40. The van der Waals surface area contributed by atoms with Crippen molar-refractivity contribution >= 4 is 11.6 Å². The van der Waals surface area contributed by atoms with E-state index in [-0.39, 0.29) is 11.7 Å². The Hall–Kier alpha value is -4.46. The number of benzene rings is 2. The lowest BCUT2D eigenvalue weighted by atomic mass is 10.2. The Morgan fingerprint density at radius 3 is 2.39 bits per heavy atom. The topological polar surface area (TPSA) is 69.7 Å². The van der Waals surface area contributed by atoms with Crippen molar-refractivity contribution in [3.05, 3.63) is 114 Å². The average molecular weight is 440 g/mol. The van der Waals surface area contributed by atoms with Crippen molar-refractivity contribution in [2.75, 3.05) is 5.32 Å². The number of hydrogen-bond acceptors (Lipinski definition) is 3. The highest BCUT2D eigenvalue weighted by molar-refractivity contribution is 6.06. The van der Waals surface area contributed by atoms with Gasteiger partial charge in [0.1, 0.15) is 17.2 Å². The third-order valence-corrected chi connectivity index (χ3v) is 5.40. The lowest BCUT2D eigenvalue weighted by Crippen LogP contribution is -2.15.